The fraction of sp³-hybridized carbons (Fsp3) is 0.714. The molecule has 0 aliphatic rings. The lowest BCUT2D eigenvalue weighted by molar-refractivity contribution is 0.415. The average Bonchev–Trinajstić information content (AvgIpc) is 2.77. The van der Waals surface area contributed by atoms with Gasteiger partial charge in [-0.05, 0) is 33.2 Å². The van der Waals surface area contributed by atoms with Gasteiger partial charge in [0.25, 0.3) is 0 Å². The van der Waals surface area contributed by atoms with Crippen LogP contribution in [0.3, 0.4) is 0 Å². The van der Waals surface area contributed by atoms with E-state index in [4.69, 9.17) is 5.26 Å². The molecule has 0 unspecified atom stereocenters. The topological polar surface area (TPSA) is 53.6 Å². The van der Waals surface area contributed by atoms with E-state index in [1.807, 2.05) is 20.2 Å². The highest BCUT2D eigenvalue weighted by Crippen LogP contribution is 2.20. The number of nitrogens with one attached hydrogen (secondary N) is 1. The number of rotatable bonds is 8. The van der Waals surface area contributed by atoms with Crippen molar-refractivity contribution in [3.63, 3.8) is 0 Å². The van der Waals surface area contributed by atoms with Gasteiger partial charge in [-0.25, -0.2) is 4.98 Å². The highest BCUT2D eigenvalue weighted by Gasteiger charge is 2.15. The van der Waals surface area contributed by atoms with Gasteiger partial charge in [-0.3, -0.25) is 0 Å². The molecule has 1 heterocycles. The summed E-state index contributed by atoms with van der Waals surface area (Å²) in [6, 6.07) is 2.33. The van der Waals surface area contributed by atoms with Gasteiger partial charge in [-0.2, -0.15) is 5.26 Å². The van der Waals surface area contributed by atoms with Crippen molar-refractivity contribution in [2.45, 2.75) is 46.6 Å². The Morgan fingerprint density at radius 3 is 2.94 bits per heavy atom. The van der Waals surface area contributed by atoms with Crippen molar-refractivity contribution in [2.75, 3.05) is 13.1 Å². The lowest BCUT2D eigenvalue weighted by Crippen LogP contribution is -2.16. The Morgan fingerprint density at radius 2 is 2.28 bits per heavy atom. The van der Waals surface area contributed by atoms with Gasteiger partial charge in [0.05, 0.1) is 23.5 Å². The molecule has 100 valence electrons. The third kappa shape index (κ3) is 5.33. The zero-order chi connectivity index (χ0) is 13.4. The van der Waals surface area contributed by atoms with E-state index in [2.05, 4.69) is 34.1 Å². The largest absolute Gasteiger partial charge is 0.337 e. The second-order valence-corrected chi connectivity index (χ2v) is 5.31. The smallest absolute Gasteiger partial charge is 0.0949 e. The molecule has 0 atom stereocenters. The van der Waals surface area contributed by atoms with Crippen LogP contribution < -0.4 is 5.32 Å². The molecule has 0 aromatic carbocycles. The molecule has 4 heteroatoms. The van der Waals surface area contributed by atoms with Gasteiger partial charge in [-0.15, -0.1) is 0 Å². The minimum atomic E-state index is -0.214. The van der Waals surface area contributed by atoms with Crippen LogP contribution in [0.5, 0.6) is 0 Å². The Balaban J connectivity index is 2.29. The van der Waals surface area contributed by atoms with Crippen LogP contribution in [0.15, 0.2) is 12.5 Å². The molecule has 0 aliphatic carbocycles. The van der Waals surface area contributed by atoms with E-state index >= 15 is 0 Å². The number of nitriles is 1. The predicted molar refractivity (Wildman–Crippen MR) is 73.1 cm³/mol. The van der Waals surface area contributed by atoms with E-state index in [0.717, 1.165) is 44.6 Å². The number of aryl methyl sites for hydroxylation is 1. The maximum Gasteiger partial charge on any atom is 0.0949 e. The summed E-state index contributed by atoms with van der Waals surface area (Å²) in [7, 11) is 0. The first kappa shape index (κ1) is 14.7. The van der Waals surface area contributed by atoms with Gasteiger partial charge >= 0.3 is 0 Å². The maximum atomic E-state index is 8.94. The molecule has 1 rings (SSSR count). The maximum absolute atomic E-state index is 8.94. The molecular weight excluding hydrogens is 224 g/mol. The van der Waals surface area contributed by atoms with Crippen LogP contribution in [0.2, 0.25) is 0 Å². The first-order valence-electron chi connectivity index (χ1n) is 6.70. The van der Waals surface area contributed by atoms with Crippen molar-refractivity contribution in [3.05, 3.63) is 18.2 Å². The third-order valence-corrected chi connectivity index (χ3v) is 3.02. The molecular formula is C14H24N4. The zero-order valence-electron chi connectivity index (χ0n) is 11.7. The normalized spacial score (nSPS) is 11.4. The SMILES string of the molecule is CCNCCc1cn(CCCC(C)(C)C#N)cn1. The van der Waals surface area contributed by atoms with Crippen LogP contribution >= 0.6 is 0 Å². The molecule has 0 aliphatic heterocycles. The summed E-state index contributed by atoms with van der Waals surface area (Å²) in [5, 5.41) is 12.2. The summed E-state index contributed by atoms with van der Waals surface area (Å²) < 4.78 is 2.12. The molecule has 0 amide bonds. The fourth-order valence-corrected chi connectivity index (χ4v) is 1.81. The van der Waals surface area contributed by atoms with Gasteiger partial charge in [0.1, 0.15) is 0 Å². The highest BCUT2D eigenvalue weighted by molar-refractivity contribution is 4.97. The van der Waals surface area contributed by atoms with Crippen molar-refractivity contribution in [3.8, 4) is 6.07 Å². The summed E-state index contributed by atoms with van der Waals surface area (Å²) >= 11 is 0. The van der Waals surface area contributed by atoms with Crippen LogP contribution in [-0.4, -0.2) is 22.6 Å². The Hall–Kier alpha value is -1.34. The van der Waals surface area contributed by atoms with Crippen molar-refractivity contribution >= 4 is 0 Å². The first-order valence-corrected chi connectivity index (χ1v) is 6.70. The van der Waals surface area contributed by atoms with Gasteiger partial charge < -0.3 is 9.88 Å². The molecule has 0 fully saturated rings. The minimum absolute atomic E-state index is 0.214. The summed E-state index contributed by atoms with van der Waals surface area (Å²) in [5.74, 6) is 0. The van der Waals surface area contributed by atoms with Gasteiger partial charge in [0.15, 0.2) is 0 Å². The molecule has 1 aromatic rings. The zero-order valence-corrected chi connectivity index (χ0v) is 11.7. The number of likely N-dealkylation sites (N-methyl/N-ethyl adjacent to an activating group) is 1. The lowest BCUT2D eigenvalue weighted by Gasteiger charge is -2.14. The predicted octanol–water partition coefficient (Wildman–Crippen LogP) is 2.37. The molecule has 4 nitrogen and oxygen atoms in total. The van der Waals surface area contributed by atoms with Crippen molar-refractivity contribution in [2.24, 2.45) is 5.41 Å². The quantitative estimate of drug-likeness (QED) is 0.719. The molecule has 18 heavy (non-hydrogen) atoms. The molecule has 0 radical (unpaired) electrons. The standard InChI is InChI=1S/C14H24N4/c1-4-16-8-6-13-10-18(12-17-13)9-5-7-14(2,3)11-15/h10,12,16H,4-9H2,1-3H3. The minimum Gasteiger partial charge on any atom is -0.337 e. The summed E-state index contributed by atoms with van der Waals surface area (Å²) in [5.41, 5.74) is 0.921. The fourth-order valence-electron chi connectivity index (χ4n) is 1.81. The van der Waals surface area contributed by atoms with E-state index in [1.165, 1.54) is 0 Å². The molecule has 1 N–H and O–H groups in total. The summed E-state index contributed by atoms with van der Waals surface area (Å²) in [6.45, 7) is 9.01. The van der Waals surface area contributed by atoms with Crippen LogP contribution in [0.25, 0.3) is 0 Å². The monoisotopic (exact) mass is 248 g/mol. The van der Waals surface area contributed by atoms with E-state index in [-0.39, 0.29) is 5.41 Å². The number of hydrogen-bond acceptors (Lipinski definition) is 3. The third-order valence-electron chi connectivity index (χ3n) is 3.02. The van der Waals surface area contributed by atoms with Gasteiger partial charge in [0, 0.05) is 25.7 Å². The lowest BCUT2D eigenvalue weighted by atomic mass is 9.90. The number of imidazole rings is 1. The number of hydrogen-bond donors (Lipinski definition) is 1. The van der Waals surface area contributed by atoms with E-state index in [1.54, 1.807) is 0 Å². The second kappa shape index (κ2) is 7.17. The molecule has 0 saturated carbocycles. The van der Waals surface area contributed by atoms with Crippen molar-refractivity contribution in [1.29, 1.82) is 5.26 Å². The van der Waals surface area contributed by atoms with Crippen LogP contribution in [0.1, 0.15) is 39.3 Å². The second-order valence-electron chi connectivity index (χ2n) is 5.31. The van der Waals surface area contributed by atoms with Crippen molar-refractivity contribution in [1.82, 2.24) is 14.9 Å². The van der Waals surface area contributed by atoms with Crippen LogP contribution in [0.4, 0.5) is 0 Å². The Kier molecular flexibility index (Phi) is 5.87. The summed E-state index contributed by atoms with van der Waals surface area (Å²) in [4.78, 5) is 4.38. The molecule has 0 bridgehead atoms. The van der Waals surface area contributed by atoms with Gasteiger partial charge in [-0.1, -0.05) is 6.92 Å². The average molecular weight is 248 g/mol. The Morgan fingerprint density at radius 1 is 1.50 bits per heavy atom. The molecule has 1 aromatic heterocycles. The van der Waals surface area contributed by atoms with E-state index in [9.17, 15) is 0 Å². The number of nitrogens with zero attached hydrogens (tertiary/aromatic N) is 3. The van der Waals surface area contributed by atoms with Crippen molar-refractivity contribution < 1.29 is 0 Å². The molecule has 0 saturated heterocycles. The van der Waals surface area contributed by atoms with Gasteiger partial charge in [0.2, 0.25) is 0 Å². The first-order chi connectivity index (χ1) is 8.57. The number of aromatic nitrogens is 2. The Labute approximate surface area is 110 Å². The summed E-state index contributed by atoms with van der Waals surface area (Å²) in [6.07, 6.45) is 6.92. The highest BCUT2D eigenvalue weighted by atomic mass is 15.0. The van der Waals surface area contributed by atoms with E-state index in [0.29, 0.717) is 0 Å². The van der Waals surface area contributed by atoms with Crippen LogP contribution in [0, 0.1) is 16.7 Å². The molecule has 0 spiro atoms. The van der Waals surface area contributed by atoms with E-state index < -0.39 is 0 Å². The Bertz CT molecular complexity index is 387. The van der Waals surface area contributed by atoms with Crippen LogP contribution in [-0.2, 0) is 13.0 Å².